The molecule has 118 valence electrons. The maximum Gasteiger partial charge on any atom is 0.225 e. The summed E-state index contributed by atoms with van der Waals surface area (Å²) in [6.45, 7) is 2.99. The Hall–Kier alpha value is -1.31. The highest BCUT2D eigenvalue weighted by molar-refractivity contribution is 8.01. The highest BCUT2D eigenvalue weighted by Crippen LogP contribution is 2.26. The zero-order chi connectivity index (χ0) is 15.8. The van der Waals surface area contributed by atoms with Crippen LogP contribution in [0.4, 0.5) is 10.8 Å². The summed E-state index contributed by atoms with van der Waals surface area (Å²) < 4.78 is 0.870. The number of nitrogens with zero attached hydrogens (tertiary/aromatic N) is 2. The maximum atomic E-state index is 11.8. The van der Waals surface area contributed by atoms with Crippen molar-refractivity contribution in [3.05, 3.63) is 29.3 Å². The number of hydrogen-bond acceptors (Lipinski definition) is 6. The molecule has 0 spiro atoms. The van der Waals surface area contributed by atoms with E-state index < -0.39 is 0 Å². The molecular weight excluding hydrogens is 340 g/mol. The van der Waals surface area contributed by atoms with Gasteiger partial charge in [-0.25, -0.2) is 0 Å². The Morgan fingerprint density at radius 1 is 1.41 bits per heavy atom. The van der Waals surface area contributed by atoms with E-state index in [-0.39, 0.29) is 5.91 Å². The van der Waals surface area contributed by atoms with Gasteiger partial charge in [0.05, 0.1) is 0 Å². The summed E-state index contributed by atoms with van der Waals surface area (Å²) in [5, 5.41) is 15.6. The van der Waals surface area contributed by atoms with E-state index in [1.807, 2.05) is 6.07 Å². The fraction of sp³-hybridized carbons (Fsp3) is 0.357. The highest BCUT2D eigenvalue weighted by Gasteiger charge is 2.07. The highest BCUT2D eigenvalue weighted by atomic mass is 35.5. The molecule has 0 fully saturated rings. The lowest BCUT2D eigenvalue weighted by molar-refractivity contribution is -0.115. The van der Waals surface area contributed by atoms with Crippen LogP contribution in [0.2, 0.25) is 5.02 Å². The van der Waals surface area contributed by atoms with Gasteiger partial charge in [-0.3, -0.25) is 4.79 Å². The van der Waals surface area contributed by atoms with E-state index in [9.17, 15) is 4.79 Å². The molecule has 1 aromatic carbocycles. The number of anilines is 2. The van der Waals surface area contributed by atoms with Gasteiger partial charge in [0.25, 0.3) is 0 Å². The summed E-state index contributed by atoms with van der Waals surface area (Å²) in [6.07, 6.45) is 1.46. The van der Waals surface area contributed by atoms with Gasteiger partial charge in [-0.15, -0.1) is 10.2 Å². The van der Waals surface area contributed by atoms with Gasteiger partial charge in [-0.05, 0) is 24.6 Å². The van der Waals surface area contributed by atoms with Gasteiger partial charge in [-0.1, -0.05) is 47.7 Å². The number of aromatic nitrogens is 2. The first kappa shape index (κ1) is 17.1. The summed E-state index contributed by atoms with van der Waals surface area (Å²) in [5.74, 6) is 0.623. The molecule has 0 radical (unpaired) electrons. The predicted octanol–water partition coefficient (Wildman–Crippen LogP) is 4.13. The van der Waals surface area contributed by atoms with Gasteiger partial charge >= 0.3 is 0 Å². The third-order valence-electron chi connectivity index (χ3n) is 2.60. The van der Waals surface area contributed by atoms with Crippen LogP contribution in [0.15, 0.2) is 28.6 Å². The average molecular weight is 357 g/mol. The van der Waals surface area contributed by atoms with Gasteiger partial charge < -0.3 is 10.6 Å². The number of carbonyl (C=O) groups is 1. The Kier molecular flexibility index (Phi) is 6.95. The number of thioether (sulfide) groups is 1. The molecule has 0 unspecified atom stereocenters. The quantitative estimate of drug-likeness (QED) is 0.696. The molecule has 2 aromatic rings. The predicted molar refractivity (Wildman–Crippen MR) is 94.1 cm³/mol. The van der Waals surface area contributed by atoms with Crippen molar-refractivity contribution in [2.24, 2.45) is 0 Å². The van der Waals surface area contributed by atoms with Crippen LogP contribution in [0, 0.1) is 0 Å². The molecule has 1 heterocycles. The third-order valence-corrected chi connectivity index (χ3v) is 4.85. The molecule has 0 aliphatic heterocycles. The Morgan fingerprint density at radius 3 is 3.05 bits per heavy atom. The lowest BCUT2D eigenvalue weighted by Gasteiger charge is -2.04. The van der Waals surface area contributed by atoms with E-state index >= 15 is 0 Å². The van der Waals surface area contributed by atoms with Crippen LogP contribution in [-0.4, -0.2) is 28.4 Å². The molecule has 0 bridgehead atoms. The van der Waals surface area contributed by atoms with Crippen LogP contribution < -0.4 is 10.6 Å². The fourth-order valence-electron chi connectivity index (χ4n) is 1.59. The zero-order valence-electron chi connectivity index (χ0n) is 12.1. The number of hydrogen-bond donors (Lipinski definition) is 2. The van der Waals surface area contributed by atoms with Crippen molar-refractivity contribution < 1.29 is 4.79 Å². The van der Waals surface area contributed by atoms with E-state index in [0.29, 0.717) is 22.9 Å². The van der Waals surface area contributed by atoms with Crippen molar-refractivity contribution >= 4 is 51.4 Å². The normalized spacial score (nSPS) is 10.5. The van der Waals surface area contributed by atoms with Crippen molar-refractivity contribution in [1.29, 1.82) is 0 Å². The number of carbonyl (C=O) groups excluding carboxylic acids is 1. The van der Waals surface area contributed by atoms with Gasteiger partial charge in [0.2, 0.25) is 11.0 Å². The second kappa shape index (κ2) is 8.97. The first-order valence-corrected chi connectivity index (χ1v) is 9.11. The summed E-state index contributed by atoms with van der Waals surface area (Å²) >= 11 is 8.92. The standard InChI is InChI=1S/C14H17ClN4OS2/c1-2-7-16-13-18-19-14(22-13)21-8-6-12(20)17-11-5-3-4-10(15)9-11/h3-5,9H,2,6-8H2,1H3,(H,16,18)(H,17,20). The van der Waals surface area contributed by atoms with Crippen molar-refractivity contribution in [3.8, 4) is 0 Å². The molecule has 0 aliphatic rings. The smallest absolute Gasteiger partial charge is 0.225 e. The molecule has 2 N–H and O–H groups in total. The lowest BCUT2D eigenvalue weighted by atomic mass is 10.3. The number of rotatable bonds is 8. The van der Waals surface area contributed by atoms with Crippen LogP contribution in [0.1, 0.15) is 19.8 Å². The minimum Gasteiger partial charge on any atom is -0.360 e. The fourth-order valence-corrected chi connectivity index (χ4v) is 3.57. The molecule has 22 heavy (non-hydrogen) atoms. The molecule has 0 saturated carbocycles. The van der Waals surface area contributed by atoms with Crippen LogP contribution in [0.25, 0.3) is 0 Å². The van der Waals surface area contributed by atoms with E-state index in [2.05, 4.69) is 27.8 Å². The van der Waals surface area contributed by atoms with Gasteiger partial charge in [0.1, 0.15) is 0 Å². The zero-order valence-corrected chi connectivity index (χ0v) is 14.5. The van der Waals surface area contributed by atoms with Gasteiger partial charge in [0, 0.05) is 29.4 Å². The minimum absolute atomic E-state index is 0.0383. The van der Waals surface area contributed by atoms with Crippen LogP contribution >= 0.6 is 34.7 Å². The van der Waals surface area contributed by atoms with E-state index in [1.165, 1.54) is 23.1 Å². The average Bonchev–Trinajstić information content (AvgIpc) is 2.93. The maximum absolute atomic E-state index is 11.8. The van der Waals surface area contributed by atoms with E-state index in [1.54, 1.807) is 18.2 Å². The van der Waals surface area contributed by atoms with E-state index in [4.69, 9.17) is 11.6 Å². The molecule has 0 atom stereocenters. The number of benzene rings is 1. The molecule has 0 saturated heterocycles. The second-order valence-electron chi connectivity index (χ2n) is 4.46. The largest absolute Gasteiger partial charge is 0.360 e. The second-order valence-corrected chi connectivity index (χ2v) is 7.21. The van der Waals surface area contributed by atoms with Crippen molar-refractivity contribution in [3.63, 3.8) is 0 Å². The molecule has 2 rings (SSSR count). The third kappa shape index (κ3) is 5.82. The lowest BCUT2D eigenvalue weighted by Crippen LogP contribution is -2.11. The monoisotopic (exact) mass is 356 g/mol. The van der Waals surface area contributed by atoms with Crippen molar-refractivity contribution in [1.82, 2.24) is 10.2 Å². The topological polar surface area (TPSA) is 66.9 Å². The van der Waals surface area contributed by atoms with E-state index in [0.717, 1.165) is 22.4 Å². The number of halogens is 1. The Labute approximate surface area is 142 Å². The number of nitrogens with one attached hydrogen (secondary N) is 2. The molecular formula is C14H17ClN4OS2. The Bertz CT molecular complexity index is 620. The first-order valence-electron chi connectivity index (χ1n) is 6.93. The van der Waals surface area contributed by atoms with Crippen LogP contribution in [0.3, 0.4) is 0 Å². The molecule has 5 nitrogen and oxygen atoms in total. The molecule has 8 heteroatoms. The van der Waals surface area contributed by atoms with Crippen molar-refractivity contribution in [2.75, 3.05) is 22.9 Å². The molecule has 1 amide bonds. The summed E-state index contributed by atoms with van der Waals surface area (Å²) in [7, 11) is 0. The van der Waals surface area contributed by atoms with Gasteiger partial charge in [-0.2, -0.15) is 0 Å². The molecule has 0 aliphatic carbocycles. The first-order chi connectivity index (χ1) is 10.7. The summed E-state index contributed by atoms with van der Waals surface area (Å²) in [5.41, 5.74) is 0.712. The van der Waals surface area contributed by atoms with Crippen molar-refractivity contribution in [2.45, 2.75) is 24.1 Å². The Morgan fingerprint density at radius 2 is 2.27 bits per heavy atom. The SMILES string of the molecule is CCCNc1nnc(SCCC(=O)Nc2cccc(Cl)c2)s1. The minimum atomic E-state index is -0.0383. The van der Waals surface area contributed by atoms with Crippen LogP contribution in [-0.2, 0) is 4.79 Å². The van der Waals surface area contributed by atoms with Gasteiger partial charge in [0.15, 0.2) is 4.34 Å². The summed E-state index contributed by atoms with van der Waals surface area (Å²) in [4.78, 5) is 11.8. The molecule has 1 aromatic heterocycles. The number of amides is 1. The van der Waals surface area contributed by atoms with Crippen LogP contribution in [0.5, 0.6) is 0 Å². The summed E-state index contributed by atoms with van der Waals surface area (Å²) in [6, 6.07) is 7.11. The Balaban J connectivity index is 1.71.